The summed E-state index contributed by atoms with van der Waals surface area (Å²) in [6, 6.07) is 6.84. The van der Waals surface area contributed by atoms with E-state index in [0.717, 1.165) is 25.8 Å². The summed E-state index contributed by atoms with van der Waals surface area (Å²) in [6.07, 6.45) is 4.32. The van der Waals surface area contributed by atoms with Crippen molar-refractivity contribution in [2.75, 3.05) is 13.2 Å². The maximum atomic E-state index is 12.2. The van der Waals surface area contributed by atoms with Gasteiger partial charge in [-0.25, -0.2) is 0 Å². The molecule has 1 aromatic carbocycles. The molecule has 0 aliphatic carbocycles. The summed E-state index contributed by atoms with van der Waals surface area (Å²) >= 11 is 0. The normalized spacial score (nSPS) is 18.3. The van der Waals surface area contributed by atoms with Gasteiger partial charge in [0.15, 0.2) is 6.61 Å². The topological polar surface area (TPSA) is 72.6 Å². The highest BCUT2D eigenvalue weighted by molar-refractivity contribution is 5.92. The predicted molar refractivity (Wildman–Crippen MR) is 80.1 cm³/mol. The molecular weight excluding hydrogens is 268 g/mol. The van der Waals surface area contributed by atoms with E-state index in [1.165, 1.54) is 6.42 Å². The second kappa shape index (κ2) is 7.11. The van der Waals surface area contributed by atoms with Gasteiger partial charge in [0.2, 0.25) is 5.91 Å². The van der Waals surface area contributed by atoms with Gasteiger partial charge in [0.05, 0.1) is 0 Å². The lowest BCUT2D eigenvalue weighted by Gasteiger charge is -2.35. The molecule has 1 heterocycles. The van der Waals surface area contributed by atoms with Gasteiger partial charge in [-0.2, -0.15) is 0 Å². The fraction of sp³-hybridized carbons (Fsp3) is 0.500. The molecule has 1 saturated heterocycles. The monoisotopic (exact) mass is 290 g/mol. The van der Waals surface area contributed by atoms with Gasteiger partial charge in [0.1, 0.15) is 5.75 Å². The minimum absolute atomic E-state index is 0.0283. The summed E-state index contributed by atoms with van der Waals surface area (Å²) < 4.78 is 5.51. The van der Waals surface area contributed by atoms with Crippen molar-refractivity contribution in [1.82, 2.24) is 4.90 Å². The number of hydrogen-bond acceptors (Lipinski definition) is 3. The number of piperidine rings is 1. The summed E-state index contributed by atoms with van der Waals surface area (Å²) in [4.78, 5) is 25.1. The maximum Gasteiger partial charge on any atom is 0.260 e. The van der Waals surface area contributed by atoms with Crippen LogP contribution in [0, 0.1) is 0 Å². The predicted octanol–water partition coefficient (Wildman–Crippen LogP) is 1.96. The molecule has 0 radical (unpaired) electrons. The van der Waals surface area contributed by atoms with Crippen LogP contribution in [0.5, 0.6) is 5.75 Å². The van der Waals surface area contributed by atoms with E-state index in [4.69, 9.17) is 10.5 Å². The lowest BCUT2D eigenvalue weighted by atomic mass is 10.00. The van der Waals surface area contributed by atoms with Crippen LogP contribution in [0.2, 0.25) is 0 Å². The molecule has 5 heteroatoms. The molecule has 1 fully saturated rings. The number of nitrogens with two attached hydrogens (primary N) is 1. The third kappa shape index (κ3) is 3.97. The first-order valence-corrected chi connectivity index (χ1v) is 7.44. The zero-order chi connectivity index (χ0) is 15.2. The van der Waals surface area contributed by atoms with Crippen molar-refractivity contribution in [3.05, 3.63) is 29.8 Å². The molecular formula is C16H22N2O3. The lowest BCUT2D eigenvalue weighted by Crippen LogP contribution is -2.45. The maximum absolute atomic E-state index is 12.2. The molecule has 2 amide bonds. The number of nitrogens with zero attached hydrogens (tertiary/aromatic N) is 1. The number of rotatable bonds is 5. The zero-order valence-corrected chi connectivity index (χ0v) is 12.4. The molecule has 1 aromatic rings. The van der Waals surface area contributed by atoms with Crippen LogP contribution in [0.3, 0.4) is 0 Å². The number of ether oxygens (including phenoxy) is 1. The molecule has 0 saturated carbocycles. The fourth-order valence-corrected chi connectivity index (χ4v) is 2.70. The Morgan fingerprint density at radius 2 is 2.00 bits per heavy atom. The third-order valence-electron chi connectivity index (χ3n) is 3.92. The van der Waals surface area contributed by atoms with E-state index < -0.39 is 5.91 Å². The van der Waals surface area contributed by atoms with Gasteiger partial charge in [0.25, 0.3) is 5.91 Å². The standard InChI is InChI=1S/C16H22N2O3/c1-2-13-5-3-4-10-18(13)15(19)11-21-14-8-6-12(7-9-14)16(17)20/h6-9,13H,2-5,10-11H2,1H3,(H2,17,20)/t13-/m0/s1. The Labute approximate surface area is 125 Å². The largest absolute Gasteiger partial charge is 0.484 e. The van der Waals surface area contributed by atoms with Crippen molar-refractivity contribution in [1.29, 1.82) is 0 Å². The Balaban J connectivity index is 1.89. The second-order valence-electron chi connectivity index (χ2n) is 5.32. The summed E-state index contributed by atoms with van der Waals surface area (Å²) in [6.45, 7) is 2.97. The highest BCUT2D eigenvalue weighted by atomic mass is 16.5. The quantitative estimate of drug-likeness (QED) is 0.901. The van der Waals surface area contributed by atoms with Gasteiger partial charge in [-0.1, -0.05) is 6.92 Å². The molecule has 2 rings (SSSR count). The van der Waals surface area contributed by atoms with Gasteiger partial charge in [-0.3, -0.25) is 9.59 Å². The average molecular weight is 290 g/mol. The molecule has 0 bridgehead atoms. The van der Waals surface area contributed by atoms with E-state index in [1.54, 1.807) is 24.3 Å². The lowest BCUT2D eigenvalue weighted by molar-refractivity contribution is -0.137. The highest BCUT2D eigenvalue weighted by Gasteiger charge is 2.25. The molecule has 1 atom stereocenters. The first kappa shape index (κ1) is 15.4. The number of benzene rings is 1. The zero-order valence-electron chi connectivity index (χ0n) is 12.4. The number of carbonyl (C=O) groups excluding carboxylic acids is 2. The van der Waals surface area contributed by atoms with E-state index in [1.807, 2.05) is 4.90 Å². The van der Waals surface area contributed by atoms with Crippen LogP contribution >= 0.6 is 0 Å². The van der Waals surface area contributed by atoms with Crippen LogP contribution in [0.1, 0.15) is 43.0 Å². The van der Waals surface area contributed by atoms with E-state index in [9.17, 15) is 9.59 Å². The molecule has 1 aliphatic heterocycles. The van der Waals surface area contributed by atoms with Crippen LogP contribution in [0.25, 0.3) is 0 Å². The number of amides is 2. The molecule has 0 aromatic heterocycles. The van der Waals surface area contributed by atoms with Gasteiger partial charge >= 0.3 is 0 Å². The van der Waals surface area contributed by atoms with Gasteiger partial charge in [-0.15, -0.1) is 0 Å². The molecule has 5 nitrogen and oxygen atoms in total. The van der Waals surface area contributed by atoms with Gasteiger partial charge in [-0.05, 0) is 49.9 Å². The van der Waals surface area contributed by atoms with E-state index in [2.05, 4.69) is 6.92 Å². The van der Waals surface area contributed by atoms with Gasteiger partial charge < -0.3 is 15.4 Å². The van der Waals surface area contributed by atoms with Gasteiger partial charge in [0, 0.05) is 18.2 Å². The summed E-state index contributed by atoms with van der Waals surface area (Å²) in [7, 11) is 0. The Hall–Kier alpha value is -2.04. The minimum Gasteiger partial charge on any atom is -0.484 e. The van der Waals surface area contributed by atoms with E-state index >= 15 is 0 Å². The van der Waals surface area contributed by atoms with Crippen LogP contribution < -0.4 is 10.5 Å². The highest BCUT2D eigenvalue weighted by Crippen LogP contribution is 2.20. The summed E-state index contributed by atoms with van der Waals surface area (Å²) in [5.41, 5.74) is 5.60. The van der Waals surface area contributed by atoms with Crippen LogP contribution in [0.4, 0.5) is 0 Å². The SMILES string of the molecule is CC[C@H]1CCCCN1C(=O)COc1ccc(C(N)=O)cc1. The number of hydrogen-bond donors (Lipinski definition) is 1. The summed E-state index contributed by atoms with van der Waals surface area (Å²) in [5, 5.41) is 0. The first-order chi connectivity index (χ1) is 10.1. The van der Waals surface area contributed by atoms with Crippen LogP contribution in [0.15, 0.2) is 24.3 Å². The minimum atomic E-state index is -0.475. The molecule has 0 spiro atoms. The van der Waals surface area contributed by atoms with Crippen molar-refractivity contribution >= 4 is 11.8 Å². The second-order valence-corrected chi connectivity index (χ2v) is 5.32. The molecule has 0 unspecified atom stereocenters. The smallest absolute Gasteiger partial charge is 0.260 e. The van der Waals surface area contributed by atoms with Crippen molar-refractivity contribution in [2.24, 2.45) is 5.73 Å². The number of likely N-dealkylation sites (tertiary alicyclic amines) is 1. The first-order valence-electron chi connectivity index (χ1n) is 7.44. The number of carbonyl (C=O) groups is 2. The van der Waals surface area contributed by atoms with E-state index in [0.29, 0.717) is 17.4 Å². The Morgan fingerprint density at radius 1 is 1.29 bits per heavy atom. The third-order valence-corrected chi connectivity index (χ3v) is 3.92. The average Bonchev–Trinajstić information content (AvgIpc) is 2.52. The molecule has 114 valence electrons. The Kier molecular flexibility index (Phi) is 5.20. The summed E-state index contributed by atoms with van der Waals surface area (Å²) in [5.74, 6) is 0.121. The van der Waals surface area contributed by atoms with E-state index in [-0.39, 0.29) is 12.5 Å². The fourth-order valence-electron chi connectivity index (χ4n) is 2.70. The molecule has 1 aliphatic rings. The van der Waals surface area contributed by atoms with Crippen molar-refractivity contribution < 1.29 is 14.3 Å². The molecule has 2 N–H and O–H groups in total. The van der Waals surface area contributed by atoms with Crippen LogP contribution in [-0.4, -0.2) is 35.9 Å². The van der Waals surface area contributed by atoms with Crippen LogP contribution in [-0.2, 0) is 4.79 Å². The Morgan fingerprint density at radius 3 is 2.62 bits per heavy atom. The van der Waals surface area contributed by atoms with Crippen molar-refractivity contribution in [2.45, 2.75) is 38.6 Å². The molecule has 21 heavy (non-hydrogen) atoms. The number of primary amides is 1. The van der Waals surface area contributed by atoms with Crippen molar-refractivity contribution in [3.63, 3.8) is 0 Å². The van der Waals surface area contributed by atoms with Crippen molar-refractivity contribution in [3.8, 4) is 5.75 Å². The Bertz CT molecular complexity index is 499.